The van der Waals surface area contributed by atoms with Crippen molar-refractivity contribution in [3.05, 3.63) is 60.2 Å². The van der Waals surface area contributed by atoms with Crippen LogP contribution in [-0.2, 0) is 0 Å². The van der Waals surface area contributed by atoms with Crippen LogP contribution in [0.15, 0.2) is 48.9 Å². The van der Waals surface area contributed by atoms with Gasteiger partial charge in [0.2, 0.25) is 5.88 Å². The third-order valence-corrected chi connectivity index (χ3v) is 3.44. The number of para-hydroxylation sites is 1. The Labute approximate surface area is 123 Å². The Hall–Kier alpha value is -2.53. The minimum absolute atomic E-state index is 0.110. The van der Waals surface area contributed by atoms with E-state index in [0.29, 0.717) is 5.88 Å². The molecule has 0 fully saturated rings. The van der Waals surface area contributed by atoms with E-state index in [1.165, 1.54) is 0 Å². The first kappa shape index (κ1) is 13.5. The lowest BCUT2D eigenvalue weighted by Crippen LogP contribution is -2.20. The van der Waals surface area contributed by atoms with E-state index < -0.39 is 0 Å². The SMILES string of the molecule is CNC(c1nccnc1OC)c1ccnc2ccccc12. The van der Waals surface area contributed by atoms with Crippen LogP contribution in [0.5, 0.6) is 5.88 Å². The molecule has 21 heavy (non-hydrogen) atoms. The predicted molar refractivity (Wildman–Crippen MR) is 81.2 cm³/mol. The molecule has 2 heterocycles. The number of hydrogen-bond donors (Lipinski definition) is 1. The number of nitrogens with one attached hydrogen (secondary N) is 1. The molecular weight excluding hydrogens is 264 g/mol. The van der Waals surface area contributed by atoms with Crippen molar-refractivity contribution in [2.24, 2.45) is 0 Å². The van der Waals surface area contributed by atoms with Gasteiger partial charge < -0.3 is 10.1 Å². The second-order valence-corrected chi connectivity index (χ2v) is 4.59. The Morgan fingerprint density at radius 1 is 1.00 bits per heavy atom. The molecule has 3 aromatic rings. The van der Waals surface area contributed by atoms with Gasteiger partial charge in [0.05, 0.1) is 18.7 Å². The molecule has 2 aromatic heterocycles. The van der Waals surface area contributed by atoms with E-state index in [1.807, 2.05) is 37.5 Å². The van der Waals surface area contributed by atoms with Crippen LogP contribution in [0, 0.1) is 0 Å². The number of benzene rings is 1. The smallest absolute Gasteiger partial charge is 0.237 e. The zero-order valence-electron chi connectivity index (χ0n) is 11.9. The number of rotatable bonds is 4. The highest BCUT2D eigenvalue weighted by atomic mass is 16.5. The van der Waals surface area contributed by atoms with Crippen molar-refractivity contribution in [2.45, 2.75) is 6.04 Å². The van der Waals surface area contributed by atoms with Crippen molar-refractivity contribution in [3.63, 3.8) is 0 Å². The molecular formula is C16H16N4O. The summed E-state index contributed by atoms with van der Waals surface area (Å²) in [4.78, 5) is 13.1. The predicted octanol–water partition coefficient (Wildman–Crippen LogP) is 2.34. The van der Waals surface area contributed by atoms with Crippen molar-refractivity contribution in [1.82, 2.24) is 20.3 Å². The van der Waals surface area contributed by atoms with Gasteiger partial charge in [0.25, 0.3) is 0 Å². The zero-order chi connectivity index (χ0) is 14.7. The number of nitrogens with zero attached hydrogens (tertiary/aromatic N) is 3. The molecule has 0 amide bonds. The largest absolute Gasteiger partial charge is 0.480 e. The van der Waals surface area contributed by atoms with E-state index in [4.69, 9.17) is 4.74 Å². The molecule has 1 unspecified atom stereocenters. The zero-order valence-corrected chi connectivity index (χ0v) is 11.9. The van der Waals surface area contributed by atoms with Crippen molar-refractivity contribution in [2.75, 3.05) is 14.2 Å². The molecule has 0 aliphatic rings. The van der Waals surface area contributed by atoms with E-state index in [0.717, 1.165) is 22.2 Å². The highest BCUT2D eigenvalue weighted by molar-refractivity contribution is 5.82. The Balaban J connectivity index is 2.19. The minimum atomic E-state index is -0.110. The summed E-state index contributed by atoms with van der Waals surface area (Å²) in [5, 5.41) is 4.38. The lowest BCUT2D eigenvalue weighted by Gasteiger charge is -2.19. The first-order chi connectivity index (χ1) is 10.3. The summed E-state index contributed by atoms with van der Waals surface area (Å²) in [6, 6.07) is 9.94. The van der Waals surface area contributed by atoms with Crippen LogP contribution in [-0.4, -0.2) is 29.1 Å². The quantitative estimate of drug-likeness (QED) is 0.795. The lowest BCUT2D eigenvalue weighted by atomic mass is 9.99. The monoisotopic (exact) mass is 280 g/mol. The van der Waals surface area contributed by atoms with Gasteiger partial charge in [0.1, 0.15) is 5.69 Å². The maximum absolute atomic E-state index is 5.33. The summed E-state index contributed by atoms with van der Waals surface area (Å²) in [5.41, 5.74) is 2.82. The van der Waals surface area contributed by atoms with Gasteiger partial charge in [-0.2, -0.15) is 0 Å². The number of pyridine rings is 1. The van der Waals surface area contributed by atoms with E-state index in [9.17, 15) is 0 Å². The topological polar surface area (TPSA) is 59.9 Å². The van der Waals surface area contributed by atoms with Crippen LogP contribution in [0.2, 0.25) is 0 Å². The molecule has 0 saturated heterocycles. The van der Waals surface area contributed by atoms with Gasteiger partial charge in [0.15, 0.2) is 0 Å². The van der Waals surface area contributed by atoms with Crippen molar-refractivity contribution < 1.29 is 4.74 Å². The molecule has 5 nitrogen and oxygen atoms in total. The molecule has 0 bridgehead atoms. The van der Waals surface area contributed by atoms with Crippen LogP contribution in [0.4, 0.5) is 0 Å². The second kappa shape index (κ2) is 5.85. The molecule has 0 saturated carbocycles. The summed E-state index contributed by atoms with van der Waals surface area (Å²) in [6.07, 6.45) is 5.11. The average Bonchev–Trinajstić information content (AvgIpc) is 2.56. The van der Waals surface area contributed by atoms with Crippen LogP contribution >= 0.6 is 0 Å². The minimum Gasteiger partial charge on any atom is -0.480 e. The maximum atomic E-state index is 5.33. The van der Waals surface area contributed by atoms with E-state index in [1.54, 1.807) is 19.5 Å². The van der Waals surface area contributed by atoms with Gasteiger partial charge >= 0.3 is 0 Å². The van der Waals surface area contributed by atoms with Crippen molar-refractivity contribution in [1.29, 1.82) is 0 Å². The number of fused-ring (bicyclic) bond motifs is 1. The number of ether oxygens (including phenoxy) is 1. The Morgan fingerprint density at radius 3 is 2.62 bits per heavy atom. The van der Waals surface area contributed by atoms with Gasteiger partial charge in [-0.15, -0.1) is 0 Å². The fourth-order valence-electron chi connectivity index (χ4n) is 2.50. The Kier molecular flexibility index (Phi) is 3.75. The van der Waals surface area contributed by atoms with Gasteiger partial charge in [-0.3, -0.25) is 9.97 Å². The molecule has 5 heteroatoms. The van der Waals surface area contributed by atoms with E-state index in [2.05, 4.69) is 26.3 Å². The van der Waals surface area contributed by atoms with E-state index >= 15 is 0 Å². The first-order valence-electron chi connectivity index (χ1n) is 6.71. The number of hydrogen-bond acceptors (Lipinski definition) is 5. The summed E-state index contributed by atoms with van der Waals surface area (Å²) in [5.74, 6) is 0.526. The van der Waals surface area contributed by atoms with E-state index in [-0.39, 0.29) is 6.04 Å². The molecule has 1 N–H and O–H groups in total. The van der Waals surface area contributed by atoms with Crippen LogP contribution in [0.25, 0.3) is 10.9 Å². The highest BCUT2D eigenvalue weighted by Gasteiger charge is 2.20. The maximum Gasteiger partial charge on any atom is 0.237 e. The number of methoxy groups -OCH3 is 1. The summed E-state index contributed by atoms with van der Waals surface area (Å²) in [6.45, 7) is 0. The van der Waals surface area contributed by atoms with Crippen molar-refractivity contribution in [3.8, 4) is 5.88 Å². The summed E-state index contributed by atoms with van der Waals surface area (Å²) < 4.78 is 5.33. The fourth-order valence-corrected chi connectivity index (χ4v) is 2.50. The fraction of sp³-hybridized carbons (Fsp3) is 0.188. The first-order valence-corrected chi connectivity index (χ1v) is 6.71. The van der Waals surface area contributed by atoms with Gasteiger partial charge in [-0.25, -0.2) is 4.98 Å². The lowest BCUT2D eigenvalue weighted by molar-refractivity contribution is 0.384. The summed E-state index contributed by atoms with van der Waals surface area (Å²) in [7, 11) is 3.50. The standard InChI is InChI=1S/C16H16N4O/c1-17-14(15-16(21-2)20-10-9-19-15)12-7-8-18-13-6-4-3-5-11(12)13/h3-10,14,17H,1-2H3. The molecule has 0 radical (unpaired) electrons. The average molecular weight is 280 g/mol. The molecule has 106 valence electrons. The van der Waals surface area contributed by atoms with Gasteiger partial charge in [-0.05, 0) is 24.7 Å². The Bertz CT molecular complexity index is 755. The van der Waals surface area contributed by atoms with Gasteiger partial charge in [0, 0.05) is 24.0 Å². The third kappa shape index (κ3) is 2.43. The normalized spacial score (nSPS) is 12.3. The molecule has 3 rings (SSSR count). The van der Waals surface area contributed by atoms with Crippen molar-refractivity contribution >= 4 is 10.9 Å². The number of aromatic nitrogens is 3. The Morgan fingerprint density at radius 2 is 1.81 bits per heavy atom. The second-order valence-electron chi connectivity index (χ2n) is 4.59. The highest BCUT2D eigenvalue weighted by Crippen LogP contribution is 2.30. The van der Waals surface area contributed by atoms with Gasteiger partial charge in [-0.1, -0.05) is 18.2 Å². The summed E-state index contributed by atoms with van der Waals surface area (Å²) >= 11 is 0. The molecule has 0 spiro atoms. The molecule has 0 aliphatic heterocycles. The molecule has 0 aliphatic carbocycles. The molecule has 1 aromatic carbocycles. The molecule has 1 atom stereocenters. The van der Waals surface area contributed by atoms with Crippen LogP contribution < -0.4 is 10.1 Å². The van der Waals surface area contributed by atoms with Crippen LogP contribution in [0.3, 0.4) is 0 Å². The third-order valence-electron chi connectivity index (χ3n) is 3.44. The van der Waals surface area contributed by atoms with Crippen LogP contribution in [0.1, 0.15) is 17.3 Å².